The number of aromatic nitrogens is 4. The zero-order valence-electron chi connectivity index (χ0n) is 17.4. The van der Waals surface area contributed by atoms with Gasteiger partial charge in [-0.3, -0.25) is 4.79 Å². The molecule has 0 spiro atoms. The summed E-state index contributed by atoms with van der Waals surface area (Å²) in [5, 5.41) is 7.31. The molecule has 0 atom stereocenters. The van der Waals surface area contributed by atoms with E-state index in [4.69, 9.17) is 4.74 Å². The summed E-state index contributed by atoms with van der Waals surface area (Å²) >= 11 is 0. The summed E-state index contributed by atoms with van der Waals surface area (Å²) in [7, 11) is 1.63. The molecule has 0 saturated heterocycles. The van der Waals surface area contributed by atoms with Gasteiger partial charge in [0.2, 0.25) is 0 Å². The van der Waals surface area contributed by atoms with Gasteiger partial charge in [0.15, 0.2) is 0 Å². The van der Waals surface area contributed by atoms with E-state index < -0.39 is 0 Å². The third-order valence-electron chi connectivity index (χ3n) is 5.01. The van der Waals surface area contributed by atoms with E-state index in [-0.39, 0.29) is 5.91 Å². The lowest BCUT2D eigenvalue weighted by Crippen LogP contribution is -2.26. The van der Waals surface area contributed by atoms with Gasteiger partial charge >= 0.3 is 0 Å². The van der Waals surface area contributed by atoms with E-state index in [1.54, 1.807) is 24.2 Å². The molecule has 2 aromatic carbocycles. The number of rotatable bonds is 7. The predicted octanol–water partition coefficient (Wildman–Crippen LogP) is 3.62. The van der Waals surface area contributed by atoms with Crippen LogP contribution in [-0.2, 0) is 6.42 Å². The van der Waals surface area contributed by atoms with Crippen LogP contribution in [0.25, 0.3) is 17.2 Å². The first-order chi connectivity index (χ1) is 15.2. The van der Waals surface area contributed by atoms with Crippen LogP contribution < -0.4 is 10.1 Å². The molecule has 1 N–H and O–H groups in total. The van der Waals surface area contributed by atoms with Gasteiger partial charge in [0.05, 0.1) is 30.3 Å². The van der Waals surface area contributed by atoms with Gasteiger partial charge < -0.3 is 10.1 Å². The van der Waals surface area contributed by atoms with Crippen LogP contribution in [0.2, 0.25) is 0 Å². The van der Waals surface area contributed by atoms with Gasteiger partial charge in [-0.15, -0.1) is 0 Å². The topological polar surface area (TPSA) is 81.9 Å². The van der Waals surface area contributed by atoms with Gasteiger partial charge in [0.25, 0.3) is 11.9 Å². The molecule has 31 heavy (non-hydrogen) atoms. The van der Waals surface area contributed by atoms with Crippen molar-refractivity contribution in [3.05, 3.63) is 89.9 Å². The van der Waals surface area contributed by atoms with Crippen molar-refractivity contribution in [3.8, 4) is 23.0 Å². The van der Waals surface area contributed by atoms with Crippen molar-refractivity contribution in [2.75, 3.05) is 13.7 Å². The summed E-state index contributed by atoms with van der Waals surface area (Å²) in [6, 6.07) is 19.5. The highest BCUT2D eigenvalue weighted by Gasteiger charge is 2.17. The molecule has 7 nitrogen and oxygen atoms in total. The number of nitrogens with one attached hydrogen (secondary N) is 1. The van der Waals surface area contributed by atoms with Crippen LogP contribution in [0, 0.1) is 6.92 Å². The largest absolute Gasteiger partial charge is 0.496 e. The first kappa shape index (κ1) is 20.3. The summed E-state index contributed by atoms with van der Waals surface area (Å²) in [6.07, 6.45) is 3.99. The van der Waals surface area contributed by atoms with E-state index in [1.807, 2.05) is 67.6 Å². The molecule has 7 heteroatoms. The first-order valence-corrected chi connectivity index (χ1v) is 10.0. The van der Waals surface area contributed by atoms with Gasteiger partial charge in [-0.25, -0.2) is 14.6 Å². The van der Waals surface area contributed by atoms with E-state index >= 15 is 0 Å². The number of para-hydroxylation sites is 1. The molecule has 0 radical (unpaired) electrons. The van der Waals surface area contributed by atoms with Gasteiger partial charge in [-0.1, -0.05) is 42.5 Å². The molecule has 0 bridgehead atoms. The Morgan fingerprint density at radius 2 is 1.84 bits per heavy atom. The molecule has 0 aliphatic carbocycles. The Bertz CT molecular complexity index is 1190. The standard InChI is InChI=1S/C24H23N5O2/c1-17-20(23(30)25-14-12-18-8-4-3-5-9-18)16-27-29(17)24-26-15-13-21(28-24)19-10-6-7-11-22(19)31-2/h3-11,13,15-16H,12,14H2,1-2H3,(H,25,30). The number of benzene rings is 2. The Morgan fingerprint density at radius 3 is 2.65 bits per heavy atom. The lowest BCUT2D eigenvalue weighted by atomic mass is 10.1. The molecule has 0 saturated carbocycles. The van der Waals surface area contributed by atoms with Gasteiger partial charge in [-0.05, 0) is 37.1 Å². The maximum Gasteiger partial charge on any atom is 0.254 e. The number of ether oxygens (including phenoxy) is 1. The van der Waals surface area contributed by atoms with Gasteiger partial charge in [-0.2, -0.15) is 5.10 Å². The molecular formula is C24H23N5O2. The minimum Gasteiger partial charge on any atom is -0.496 e. The maximum absolute atomic E-state index is 12.7. The van der Waals surface area contributed by atoms with E-state index in [0.717, 1.165) is 17.7 Å². The van der Waals surface area contributed by atoms with Crippen LogP contribution in [0.3, 0.4) is 0 Å². The SMILES string of the molecule is COc1ccccc1-c1ccnc(-n2ncc(C(=O)NCCc3ccccc3)c2C)n1. The fourth-order valence-corrected chi connectivity index (χ4v) is 3.35. The molecule has 0 aliphatic heterocycles. The Kier molecular flexibility index (Phi) is 6.03. The van der Waals surface area contributed by atoms with Crippen molar-refractivity contribution in [1.82, 2.24) is 25.1 Å². The fraction of sp³-hybridized carbons (Fsp3) is 0.167. The smallest absolute Gasteiger partial charge is 0.254 e. The highest BCUT2D eigenvalue weighted by atomic mass is 16.5. The van der Waals surface area contributed by atoms with E-state index in [9.17, 15) is 4.79 Å². The van der Waals surface area contributed by atoms with Crippen molar-refractivity contribution in [2.24, 2.45) is 0 Å². The number of carbonyl (C=O) groups excluding carboxylic acids is 1. The number of hydrogen-bond donors (Lipinski definition) is 1. The Labute approximate surface area is 180 Å². The van der Waals surface area contributed by atoms with E-state index in [2.05, 4.69) is 20.4 Å². The van der Waals surface area contributed by atoms with Crippen molar-refractivity contribution in [3.63, 3.8) is 0 Å². The number of carbonyl (C=O) groups is 1. The average molecular weight is 413 g/mol. The zero-order chi connectivity index (χ0) is 21.6. The summed E-state index contributed by atoms with van der Waals surface area (Å²) < 4.78 is 7.01. The normalized spacial score (nSPS) is 10.6. The van der Waals surface area contributed by atoms with Gasteiger partial charge in [0.1, 0.15) is 5.75 Å². The molecule has 2 heterocycles. The predicted molar refractivity (Wildman–Crippen MR) is 118 cm³/mol. The highest BCUT2D eigenvalue weighted by Crippen LogP contribution is 2.28. The molecular weight excluding hydrogens is 390 g/mol. The van der Waals surface area contributed by atoms with Crippen LogP contribution in [0.5, 0.6) is 5.75 Å². The highest BCUT2D eigenvalue weighted by molar-refractivity contribution is 5.95. The third kappa shape index (κ3) is 4.45. The molecule has 2 aromatic heterocycles. The number of nitrogens with zero attached hydrogens (tertiary/aromatic N) is 4. The van der Waals surface area contributed by atoms with Crippen LogP contribution >= 0.6 is 0 Å². The molecule has 0 aliphatic rings. The maximum atomic E-state index is 12.7. The minimum absolute atomic E-state index is 0.166. The van der Waals surface area contributed by atoms with Gasteiger partial charge in [0, 0.05) is 18.3 Å². The van der Waals surface area contributed by atoms with Crippen molar-refractivity contribution in [2.45, 2.75) is 13.3 Å². The Balaban J connectivity index is 1.52. The molecule has 1 amide bonds. The molecule has 4 rings (SSSR count). The second-order valence-electron chi connectivity index (χ2n) is 6.99. The minimum atomic E-state index is -0.166. The lowest BCUT2D eigenvalue weighted by molar-refractivity contribution is 0.0953. The molecule has 0 unspecified atom stereocenters. The lowest BCUT2D eigenvalue weighted by Gasteiger charge is -2.09. The van der Waals surface area contributed by atoms with Crippen LogP contribution in [-0.4, -0.2) is 39.3 Å². The Hall–Kier alpha value is -4.00. The summed E-state index contributed by atoms with van der Waals surface area (Å²) in [5.41, 5.74) is 3.93. The van der Waals surface area contributed by atoms with Crippen LogP contribution in [0.15, 0.2) is 73.1 Å². The number of methoxy groups -OCH3 is 1. The number of amides is 1. The number of hydrogen-bond acceptors (Lipinski definition) is 5. The molecule has 156 valence electrons. The second kappa shape index (κ2) is 9.21. The fourth-order valence-electron chi connectivity index (χ4n) is 3.35. The van der Waals surface area contributed by atoms with Crippen LogP contribution in [0.4, 0.5) is 0 Å². The van der Waals surface area contributed by atoms with Crippen molar-refractivity contribution >= 4 is 5.91 Å². The zero-order valence-corrected chi connectivity index (χ0v) is 17.4. The Morgan fingerprint density at radius 1 is 1.06 bits per heavy atom. The van der Waals surface area contributed by atoms with E-state index in [1.165, 1.54) is 5.56 Å². The second-order valence-corrected chi connectivity index (χ2v) is 6.99. The molecule has 0 fully saturated rings. The molecule has 4 aromatic rings. The quantitative estimate of drug-likeness (QED) is 0.500. The first-order valence-electron chi connectivity index (χ1n) is 10.0. The third-order valence-corrected chi connectivity index (χ3v) is 5.01. The van der Waals surface area contributed by atoms with Crippen molar-refractivity contribution < 1.29 is 9.53 Å². The van der Waals surface area contributed by atoms with Crippen molar-refractivity contribution in [1.29, 1.82) is 0 Å². The summed E-state index contributed by atoms with van der Waals surface area (Å²) in [5.74, 6) is 0.952. The summed E-state index contributed by atoms with van der Waals surface area (Å²) in [6.45, 7) is 2.38. The summed E-state index contributed by atoms with van der Waals surface area (Å²) in [4.78, 5) is 21.6. The monoisotopic (exact) mass is 413 g/mol. The van der Waals surface area contributed by atoms with Crippen LogP contribution in [0.1, 0.15) is 21.6 Å². The van der Waals surface area contributed by atoms with E-state index in [0.29, 0.717) is 29.4 Å². The average Bonchev–Trinajstić information content (AvgIpc) is 3.21.